The van der Waals surface area contributed by atoms with Crippen molar-refractivity contribution in [1.82, 2.24) is 0 Å². The Balaban J connectivity index is 1.61. The zero-order valence-electron chi connectivity index (χ0n) is 19.3. The van der Waals surface area contributed by atoms with Crippen molar-refractivity contribution in [1.29, 1.82) is 0 Å². The highest BCUT2D eigenvalue weighted by atomic mass is 16.5. The van der Waals surface area contributed by atoms with E-state index in [0.717, 1.165) is 0 Å². The molecule has 37 heavy (non-hydrogen) atoms. The number of aromatic hydroxyl groups is 2. The van der Waals surface area contributed by atoms with Gasteiger partial charge in [0, 0.05) is 23.1 Å². The standard InChI is InChI=1S/C28H18O9/c1-34-15-6-7-21-17(8-15)26(32)19(12-35-21)16-9-23(31)37-22-10-20(30)25-27(33)18(11-36-28(25)24(16)22)13-2-4-14(29)5-3-13/h2-8,10-12,16,29-30H,9H2,1H3. The summed E-state index contributed by atoms with van der Waals surface area (Å²) in [4.78, 5) is 39.5. The van der Waals surface area contributed by atoms with Crippen LogP contribution >= 0.6 is 0 Å². The zero-order valence-corrected chi connectivity index (χ0v) is 19.3. The molecule has 1 atom stereocenters. The molecule has 1 unspecified atom stereocenters. The number of esters is 1. The maximum atomic E-state index is 13.5. The number of carbonyl (C=O) groups excluding carboxylic acids is 1. The highest BCUT2D eigenvalue weighted by Crippen LogP contribution is 2.45. The summed E-state index contributed by atoms with van der Waals surface area (Å²) in [6.45, 7) is 0. The SMILES string of the molecule is COc1ccc2occ(C3CC(=O)Oc4cc(O)c5c(=O)c(-c6ccc(O)cc6)coc5c43)c(=O)c2c1. The third kappa shape index (κ3) is 3.51. The predicted octanol–water partition coefficient (Wildman–Crippen LogP) is 4.43. The molecule has 6 rings (SSSR count). The van der Waals surface area contributed by atoms with Gasteiger partial charge in [0.05, 0.1) is 30.7 Å². The minimum absolute atomic E-state index is 0.00910. The van der Waals surface area contributed by atoms with E-state index in [1.165, 1.54) is 37.8 Å². The first-order valence-electron chi connectivity index (χ1n) is 11.3. The number of methoxy groups -OCH3 is 1. The molecule has 9 nitrogen and oxygen atoms in total. The monoisotopic (exact) mass is 498 g/mol. The fourth-order valence-corrected chi connectivity index (χ4v) is 4.73. The van der Waals surface area contributed by atoms with E-state index >= 15 is 0 Å². The van der Waals surface area contributed by atoms with E-state index < -0.39 is 23.1 Å². The van der Waals surface area contributed by atoms with Crippen molar-refractivity contribution < 1.29 is 33.3 Å². The molecule has 1 aliphatic heterocycles. The second kappa shape index (κ2) is 8.27. The summed E-state index contributed by atoms with van der Waals surface area (Å²) in [5, 5.41) is 20.4. The van der Waals surface area contributed by atoms with E-state index in [2.05, 4.69) is 0 Å². The van der Waals surface area contributed by atoms with E-state index in [4.69, 9.17) is 18.3 Å². The maximum absolute atomic E-state index is 13.5. The average Bonchev–Trinajstić information content (AvgIpc) is 2.89. The van der Waals surface area contributed by atoms with Crippen LogP contribution in [0, 0.1) is 0 Å². The summed E-state index contributed by atoms with van der Waals surface area (Å²) in [7, 11) is 1.48. The molecule has 184 valence electrons. The summed E-state index contributed by atoms with van der Waals surface area (Å²) < 4.78 is 22.2. The molecular formula is C28H18O9. The molecular weight excluding hydrogens is 480 g/mol. The van der Waals surface area contributed by atoms with Gasteiger partial charge in [-0.05, 0) is 35.9 Å². The van der Waals surface area contributed by atoms with Gasteiger partial charge in [0.25, 0.3) is 0 Å². The smallest absolute Gasteiger partial charge is 0.312 e. The number of rotatable bonds is 3. The van der Waals surface area contributed by atoms with Crippen molar-refractivity contribution in [3.8, 4) is 34.1 Å². The molecule has 0 spiro atoms. The fourth-order valence-electron chi connectivity index (χ4n) is 4.73. The number of benzene rings is 3. The van der Waals surface area contributed by atoms with Crippen molar-refractivity contribution in [3.05, 3.63) is 92.6 Å². The van der Waals surface area contributed by atoms with Gasteiger partial charge in [-0.1, -0.05) is 12.1 Å². The van der Waals surface area contributed by atoms with Gasteiger partial charge >= 0.3 is 5.97 Å². The third-order valence-electron chi connectivity index (χ3n) is 6.53. The van der Waals surface area contributed by atoms with Gasteiger partial charge in [-0.3, -0.25) is 14.4 Å². The molecule has 1 aliphatic rings. The molecule has 0 fully saturated rings. The lowest BCUT2D eigenvalue weighted by Gasteiger charge is -2.25. The Morgan fingerprint density at radius 1 is 0.919 bits per heavy atom. The number of ether oxygens (including phenoxy) is 2. The van der Waals surface area contributed by atoms with Crippen LogP contribution in [0.25, 0.3) is 33.1 Å². The van der Waals surface area contributed by atoms with Crippen molar-refractivity contribution in [2.24, 2.45) is 0 Å². The largest absolute Gasteiger partial charge is 0.508 e. The number of phenolic OH excluding ortho intramolecular Hbond substituents is 2. The van der Waals surface area contributed by atoms with Crippen LogP contribution in [0.2, 0.25) is 0 Å². The van der Waals surface area contributed by atoms with E-state index in [9.17, 15) is 24.6 Å². The van der Waals surface area contributed by atoms with Crippen LogP contribution in [-0.4, -0.2) is 23.3 Å². The van der Waals surface area contributed by atoms with Gasteiger partial charge in [-0.25, -0.2) is 0 Å². The van der Waals surface area contributed by atoms with E-state index in [0.29, 0.717) is 16.9 Å². The molecule has 3 heterocycles. The Morgan fingerprint density at radius 2 is 1.70 bits per heavy atom. The third-order valence-corrected chi connectivity index (χ3v) is 6.53. The lowest BCUT2D eigenvalue weighted by Crippen LogP contribution is -2.25. The Morgan fingerprint density at radius 3 is 2.46 bits per heavy atom. The first-order valence-corrected chi connectivity index (χ1v) is 11.3. The van der Waals surface area contributed by atoms with Gasteiger partial charge in [0.15, 0.2) is 5.43 Å². The fraction of sp³-hybridized carbons (Fsp3) is 0.107. The van der Waals surface area contributed by atoms with Crippen LogP contribution < -0.4 is 20.3 Å². The second-order valence-electron chi connectivity index (χ2n) is 8.65. The van der Waals surface area contributed by atoms with Crippen LogP contribution in [0.5, 0.6) is 23.0 Å². The van der Waals surface area contributed by atoms with Crippen molar-refractivity contribution >= 4 is 27.9 Å². The summed E-state index contributed by atoms with van der Waals surface area (Å²) in [5.41, 5.74) is 0.488. The molecule has 0 amide bonds. The molecule has 0 aliphatic carbocycles. The number of phenols is 2. The van der Waals surface area contributed by atoms with Gasteiger partial charge < -0.3 is 28.5 Å². The molecule has 2 N–H and O–H groups in total. The van der Waals surface area contributed by atoms with Crippen LogP contribution in [0.4, 0.5) is 0 Å². The van der Waals surface area contributed by atoms with Gasteiger partial charge in [-0.15, -0.1) is 0 Å². The van der Waals surface area contributed by atoms with E-state index in [1.807, 2.05) is 0 Å². The second-order valence-corrected chi connectivity index (χ2v) is 8.65. The Hall–Kier alpha value is -5.05. The summed E-state index contributed by atoms with van der Waals surface area (Å²) in [6, 6.07) is 11.9. The first kappa shape index (κ1) is 22.4. The maximum Gasteiger partial charge on any atom is 0.312 e. The van der Waals surface area contributed by atoms with E-state index in [1.54, 1.807) is 30.3 Å². The number of fused-ring (bicyclic) bond motifs is 4. The first-order chi connectivity index (χ1) is 17.9. The number of hydrogen-bond donors (Lipinski definition) is 2. The van der Waals surface area contributed by atoms with Gasteiger partial charge in [0.2, 0.25) is 5.43 Å². The zero-order chi connectivity index (χ0) is 25.8. The highest BCUT2D eigenvalue weighted by Gasteiger charge is 2.35. The summed E-state index contributed by atoms with van der Waals surface area (Å²) in [6.07, 6.45) is 2.31. The van der Waals surface area contributed by atoms with Crippen LogP contribution in [0.15, 0.2) is 79.5 Å². The molecule has 2 aromatic heterocycles. The average molecular weight is 498 g/mol. The normalized spacial score (nSPS) is 14.9. The van der Waals surface area contributed by atoms with Gasteiger partial charge in [-0.2, -0.15) is 0 Å². The van der Waals surface area contributed by atoms with Crippen molar-refractivity contribution in [3.63, 3.8) is 0 Å². The number of carbonyl (C=O) groups is 1. The minimum Gasteiger partial charge on any atom is -0.508 e. The minimum atomic E-state index is -0.867. The topological polar surface area (TPSA) is 136 Å². The van der Waals surface area contributed by atoms with Crippen LogP contribution in [0.1, 0.15) is 23.5 Å². The molecule has 0 saturated carbocycles. The lowest BCUT2D eigenvalue weighted by molar-refractivity contribution is -0.135. The molecule has 3 aromatic carbocycles. The molecule has 0 saturated heterocycles. The Kier molecular flexibility index (Phi) is 5.01. The summed E-state index contributed by atoms with van der Waals surface area (Å²) >= 11 is 0. The lowest BCUT2D eigenvalue weighted by atomic mass is 9.85. The Labute approximate surface area is 207 Å². The van der Waals surface area contributed by atoms with Crippen molar-refractivity contribution in [2.45, 2.75) is 12.3 Å². The van der Waals surface area contributed by atoms with Crippen molar-refractivity contribution in [2.75, 3.05) is 7.11 Å². The van der Waals surface area contributed by atoms with Crippen LogP contribution in [0.3, 0.4) is 0 Å². The van der Waals surface area contributed by atoms with Crippen LogP contribution in [-0.2, 0) is 4.79 Å². The van der Waals surface area contributed by atoms with Gasteiger partial charge in [0.1, 0.15) is 45.8 Å². The van der Waals surface area contributed by atoms with E-state index in [-0.39, 0.29) is 56.4 Å². The Bertz CT molecular complexity index is 1850. The number of hydrogen-bond acceptors (Lipinski definition) is 9. The quantitative estimate of drug-likeness (QED) is 0.273. The highest BCUT2D eigenvalue weighted by molar-refractivity contribution is 5.94. The predicted molar refractivity (Wildman–Crippen MR) is 132 cm³/mol. The molecule has 9 heteroatoms. The molecule has 0 bridgehead atoms. The molecule has 0 radical (unpaired) electrons. The molecule has 5 aromatic rings. The summed E-state index contributed by atoms with van der Waals surface area (Å²) in [5.74, 6) is -1.45.